The van der Waals surface area contributed by atoms with Crippen molar-refractivity contribution in [2.24, 2.45) is 5.92 Å². The Morgan fingerprint density at radius 1 is 1.26 bits per heavy atom. The van der Waals surface area contributed by atoms with E-state index in [0.29, 0.717) is 5.92 Å². The highest BCUT2D eigenvalue weighted by Gasteiger charge is 2.25. The van der Waals surface area contributed by atoms with Gasteiger partial charge in [0.25, 0.3) is 0 Å². The highest BCUT2D eigenvalue weighted by atomic mass is 19.1. The minimum absolute atomic E-state index is 0.0893. The van der Waals surface area contributed by atoms with Crippen molar-refractivity contribution >= 4 is 0 Å². The second-order valence-electron chi connectivity index (χ2n) is 6.34. The quantitative estimate of drug-likeness (QED) is 0.727. The fourth-order valence-corrected chi connectivity index (χ4v) is 3.12. The first-order valence-corrected chi connectivity index (χ1v) is 8.58. The second kappa shape index (κ2) is 9.00. The van der Waals surface area contributed by atoms with E-state index < -0.39 is 5.82 Å². The normalized spacial score (nSPS) is 18.3. The molecule has 0 saturated carbocycles. The molecule has 1 saturated heterocycles. The molecule has 0 N–H and O–H groups in total. The molecule has 0 aromatic heterocycles. The van der Waals surface area contributed by atoms with Crippen LogP contribution in [0, 0.1) is 23.1 Å². The van der Waals surface area contributed by atoms with Crippen molar-refractivity contribution in [1.29, 1.82) is 5.26 Å². The van der Waals surface area contributed by atoms with Crippen molar-refractivity contribution in [3.8, 4) is 6.07 Å². The summed E-state index contributed by atoms with van der Waals surface area (Å²) in [5.41, 5.74) is 1.05. The van der Waals surface area contributed by atoms with Crippen LogP contribution in [-0.4, -0.2) is 19.5 Å². The number of benzene rings is 1. The zero-order valence-corrected chi connectivity index (χ0v) is 14.1. The first kappa shape index (κ1) is 17.9. The van der Waals surface area contributed by atoms with Gasteiger partial charge in [0.05, 0.1) is 18.8 Å². The SMILES string of the molecule is CCCC(CCC(C)c1ccc(C#N)c(F)c1)C1OCCCO1. The van der Waals surface area contributed by atoms with E-state index in [1.165, 1.54) is 6.07 Å². The van der Waals surface area contributed by atoms with Gasteiger partial charge in [-0.2, -0.15) is 5.26 Å². The van der Waals surface area contributed by atoms with Crippen LogP contribution < -0.4 is 0 Å². The van der Waals surface area contributed by atoms with Crippen LogP contribution in [0.2, 0.25) is 0 Å². The van der Waals surface area contributed by atoms with Crippen LogP contribution >= 0.6 is 0 Å². The molecule has 0 spiro atoms. The molecular weight excluding hydrogens is 293 g/mol. The minimum atomic E-state index is -0.430. The van der Waals surface area contributed by atoms with E-state index in [4.69, 9.17) is 14.7 Å². The average molecular weight is 319 g/mol. The lowest BCUT2D eigenvalue weighted by Gasteiger charge is -2.31. The summed E-state index contributed by atoms with van der Waals surface area (Å²) in [7, 11) is 0. The summed E-state index contributed by atoms with van der Waals surface area (Å²) in [6.45, 7) is 5.84. The first-order chi connectivity index (χ1) is 11.2. The molecule has 1 aliphatic heterocycles. The van der Waals surface area contributed by atoms with E-state index in [-0.39, 0.29) is 17.8 Å². The minimum Gasteiger partial charge on any atom is -0.352 e. The molecule has 1 heterocycles. The maximum atomic E-state index is 13.8. The summed E-state index contributed by atoms with van der Waals surface area (Å²) in [6, 6.07) is 6.78. The average Bonchev–Trinajstić information content (AvgIpc) is 2.59. The van der Waals surface area contributed by atoms with E-state index in [2.05, 4.69) is 13.8 Å². The number of rotatable bonds is 7. The predicted octanol–water partition coefficient (Wildman–Crippen LogP) is 4.76. The Morgan fingerprint density at radius 2 is 2.00 bits per heavy atom. The van der Waals surface area contributed by atoms with Crippen LogP contribution in [0.25, 0.3) is 0 Å². The van der Waals surface area contributed by atoms with Gasteiger partial charge in [-0.1, -0.05) is 26.3 Å². The Balaban J connectivity index is 1.94. The molecule has 1 fully saturated rings. The molecule has 0 aliphatic carbocycles. The summed E-state index contributed by atoms with van der Waals surface area (Å²) >= 11 is 0. The molecule has 0 amide bonds. The van der Waals surface area contributed by atoms with Gasteiger partial charge < -0.3 is 9.47 Å². The number of hydrogen-bond donors (Lipinski definition) is 0. The smallest absolute Gasteiger partial charge is 0.160 e. The molecular formula is C19H26FNO2. The summed E-state index contributed by atoms with van der Waals surface area (Å²) < 4.78 is 25.3. The molecule has 4 heteroatoms. The largest absolute Gasteiger partial charge is 0.352 e. The second-order valence-corrected chi connectivity index (χ2v) is 6.34. The van der Waals surface area contributed by atoms with E-state index >= 15 is 0 Å². The fraction of sp³-hybridized carbons (Fsp3) is 0.632. The van der Waals surface area contributed by atoms with E-state index in [1.54, 1.807) is 6.07 Å². The van der Waals surface area contributed by atoms with Gasteiger partial charge in [0.2, 0.25) is 0 Å². The predicted molar refractivity (Wildman–Crippen MR) is 87.5 cm³/mol. The van der Waals surface area contributed by atoms with Crippen molar-refractivity contribution in [3.63, 3.8) is 0 Å². The van der Waals surface area contributed by atoms with Crippen molar-refractivity contribution in [1.82, 2.24) is 0 Å². The molecule has 0 bridgehead atoms. The monoisotopic (exact) mass is 319 g/mol. The molecule has 2 atom stereocenters. The molecule has 0 radical (unpaired) electrons. The Morgan fingerprint density at radius 3 is 2.61 bits per heavy atom. The fourth-order valence-electron chi connectivity index (χ4n) is 3.12. The summed E-state index contributed by atoms with van der Waals surface area (Å²) in [5, 5.41) is 8.81. The van der Waals surface area contributed by atoms with Gasteiger partial charge in [-0.3, -0.25) is 0 Å². The van der Waals surface area contributed by atoms with Gasteiger partial charge in [0.15, 0.2) is 6.29 Å². The zero-order valence-electron chi connectivity index (χ0n) is 14.1. The maximum absolute atomic E-state index is 13.8. The lowest BCUT2D eigenvalue weighted by atomic mass is 9.89. The van der Waals surface area contributed by atoms with Gasteiger partial charge in [0, 0.05) is 5.92 Å². The topological polar surface area (TPSA) is 42.2 Å². The van der Waals surface area contributed by atoms with E-state index in [0.717, 1.165) is 50.9 Å². The number of nitriles is 1. The number of hydrogen-bond acceptors (Lipinski definition) is 3. The van der Waals surface area contributed by atoms with E-state index in [9.17, 15) is 4.39 Å². The third-order valence-electron chi connectivity index (χ3n) is 4.55. The lowest BCUT2D eigenvalue weighted by Crippen LogP contribution is -2.32. The zero-order chi connectivity index (χ0) is 16.7. The molecule has 1 aromatic rings. The number of halogens is 1. The number of ether oxygens (including phenoxy) is 2. The van der Waals surface area contributed by atoms with Crippen molar-refractivity contribution < 1.29 is 13.9 Å². The lowest BCUT2D eigenvalue weighted by molar-refractivity contribution is -0.207. The summed E-state index contributed by atoms with van der Waals surface area (Å²) in [5.74, 6) is 0.215. The van der Waals surface area contributed by atoms with Crippen molar-refractivity contribution in [2.75, 3.05) is 13.2 Å². The summed E-state index contributed by atoms with van der Waals surface area (Å²) in [6.07, 6.45) is 5.03. The van der Waals surface area contributed by atoms with Crippen LogP contribution in [0.4, 0.5) is 4.39 Å². The Hall–Kier alpha value is -1.44. The molecule has 3 nitrogen and oxygen atoms in total. The first-order valence-electron chi connectivity index (χ1n) is 8.58. The third-order valence-corrected chi connectivity index (χ3v) is 4.55. The van der Waals surface area contributed by atoms with Gasteiger partial charge >= 0.3 is 0 Å². The standard InChI is InChI=1S/C19H26FNO2/c1-3-5-15(19-22-10-4-11-23-19)7-6-14(2)16-8-9-17(13-21)18(20)12-16/h8-9,12,14-15,19H,3-7,10-11H2,1-2H3. The van der Waals surface area contributed by atoms with E-state index in [1.807, 2.05) is 12.1 Å². The van der Waals surface area contributed by atoms with Gasteiger partial charge in [-0.25, -0.2) is 4.39 Å². The van der Waals surface area contributed by atoms with Gasteiger partial charge in [-0.05, 0) is 49.3 Å². The highest BCUT2D eigenvalue weighted by Crippen LogP contribution is 2.29. The third kappa shape index (κ3) is 5.02. The molecule has 126 valence electrons. The van der Waals surface area contributed by atoms with Crippen LogP contribution in [0.5, 0.6) is 0 Å². The van der Waals surface area contributed by atoms with Gasteiger partial charge in [0.1, 0.15) is 11.9 Å². The van der Waals surface area contributed by atoms with Crippen LogP contribution in [0.3, 0.4) is 0 Å². The Bertz CT molecular complexity index is 535. The molecule has 1 aliphatic rings. The molecule has 2 unspecified atom stereocenters. The van der Waals surface area contributed by atoms with Crippen molar-refractivity contribution in [3.05, 3.63) is 35.1 Å². The Labute approximate surface area is 138 Å². The van der Waals surface area contributed by atoms with Crippen molar-refractivity contribution in [2.45, 2.75) is 58.2 Å². The highest BCUT2D eigenvalue weighted by molar-refractivity contribution is 5.34. The van der Waals surface area contributed by atoms with Crippen LogP contribution in [0.1, 0.15) is 63.0 Å². The molecule has 1 aromatic carbocycles. The van der Waals surface area contributed by atoms with Crippen LogP contribution in [-0.2, 0) is 9.47 Å². The number of nitrogens with zero attached hydrogens (tertiary/aromatic N) is 1. The molecule has 23 heavy (non-hydrogen) atoms. The van der Waals surface area contributed by atoms with Gasteiger partial charge in [-0.15, -0.1) is 0 Å². The molecule has 2 rings (SSSR count). The van der Waals surface area contributed by atoms with Crippen LogP contribution in [0.15, 0.2) is 18.2 Å². The summed E-state index contributed by atoms with van der Waals surface area (Å²) in [4.78, 5) is 0. The Kier molecular flexibility index (Phi) is 7.01. The maximum Gasteiger partial charge on any atom is 0.160 e.